The first kappa shape index (κ1) is 9.47. The van der Waals surface area contributed by atoms with E-state index < -0.39 is 0 Å². The predicted octanol–water partition coefficient (Wildman–Crippen LogP) is 1.80. The van der Waals surface area contributed by atoms with E-state index >= 15 is 0 Å². The van der Waals surface area contributed by atoms with Crippen LogP contribution in [0.5, 0.6) is 0 Å². The third kappa shape index (κ3) is 1.75. The van der Waals surface area contributed by atoms with Crippen molar-refractivity contribution in [3.63, 3.8) is 0 Å². The van der Waals surface area contributed by atoms with Crippen LogP contribution in [0.25, 0.3) is 0 Å². The van der Waals surface area contributed by atoms with Crippen molar-refractivity contribution in [1.82, 2.24) is 5.32 Å². The maximum absolute atomic E-state index is 6.00. The van der Waals surface area contributed by atoms with Crippen molar-refractivity contribution in [2.24, 2.45) is 11.8 Å². The molecule has 0 amide bonds. The molecule has 3 unspecified atom stereocenters. The van der Waals surface area contributed by atoms with Crippen molar-refractivity contribution in [2.75, 3.05) is 19.7 Å². The molecule has 13 heavy (non-hydrogen) atoms. The summed E-state index contributed by atoms with van der Waals surface area (Å²) in [6, 6.07) is 0. The smallest absolute Gasteiger partial charge is 0.0832 e. The Bertz CT molecular complexity index is 175. The lowest BCUT2D eigenvalue weighted by atomic mass is 9.71. The molecule has 1 aliphatic heterocycles. The molecule has 76 valence electrons. The zero-order valence-electron chi connectivity index (χ0n) is 8.81. The number of rotatable bonds is 0. The molecule has 1 saturated carbocycles. The normalized spacial score (nSPS) is 46.6. The number of morpholine rings is 1. The van der Waals surface area contributed by atoms with Gasteiger partial charge in [-0.3, -0.25) is 0 Å². The third-order valence-electron chi connectivity index (χ3n) is 3.81. The van der Waals surface area contributed by atoms with E-state index in [0.29, 0.717) is 0 Å². The molecule has 1 aliphatic carbocycles. The monoisotopic (exact) mass is 183 g/mol. The molecule has 1 spiro atoms. The van der Waals surface area contributed by atoms with Crippen LogP contribution in [0.15, 0.2) is 0 Å². The molecular weight excluding hydrogens is 162 g/mol. The lowest BCUT2D eigenvalue weighted by Crippen LogP contribution is -2.55. The van der Waals surface area contributed by atoms with Crippen LogP contribution in [0.2, 0.25) is 0 Å². The lowest BCUT2D eigenvalue weighted by Gasteiger charge is -2.47. The maximum Gasteiger partial charge on any atom is 0.0832 e. The Morgan fingerprint density at radius 1 is 1.38 bits per heavy atom. The first-order chi connectivity index (χ1) is 6.23. The van der Waals surface area contributed by atoms with Gasteiger partial charge in [-0.2, -0.15) is 0 Å². The van der Waals surface area contributed by atoms with Gasteiger partial charge >= 0.3 is 0 Å². The van der Waals surface area contributed by atoms with Gasteiger partial charge in [0.2, 0.25) is 0 Å². The summed E-state index contributed by atoms with van der Waals surface area (Å²) in [5.74, 6) is 1.62. The Balaban J connectivity index is 2.03. The molecule has 0 aromatic rings. The molecule has 3 atom stereocenters. The largest absolute Gasteiger partial charge is 0.372 e. The van der Waals surface area contributed by atoms with Crippen LogP contribution in [-0.2, 0) is 4.74 Å². The standard InChI is InChI=1S/C11H21NO/c1-9-3-4-11(10(2)7-9)8-12-5-6-13-11/h9-10,12H,3-8H2,1-2H3. The first-order valence-electron chi connectivity index (χ1n) is 5.58. The zero-order chi connectivity index (χ0) is 9.31. The Morgan fingerprint density at radius 3 is 2.85 bits per heavy atom. The van der Waals surface area contributed by atoms with Gasteiger partial charge in [-0.15, -0.1) is 0 Å². The van der Waals surface area contributed by atoms with Gasteiger partial charge in [0.05, 0.1) is 12.2 Å². The third-order valence-corrected chi connectivity index (χ3v) is 3.81. The summed E-state index contributed by atoms with van der Waals surface area (Å²) in [6.45, 7) is 7.71. The number of nitrogens with one attached hydrogen (secondary N) is 1. The maximum atomic E-state index is 6.00. The highest BCUT2D eigenvalue weighted by Crippen LogP contribution is 2.39. The first-order valence-corrected chi connectivity index (χ1v) is 5.58. The van der Waals surface area contributed by atoms with E-state index in [1.807, 2.05) is 0 Å². The van der Waals surface area contributed by atoms with Gasteiger partial charge in [0.25, 0.3) is 0 Å². The summed E-state index contributed by atoms with van der Waals surface area (Å²) < 4.78 is 6.00. The van der Waals surface area contributed by atoms with E-state index in [2.05, 4.69) is 19.2 Å². The molecule has 2 aliphatic rings. The molecule has 2 rings (SSSR count). The summed E-state index contributed by atoms with van der Waals surface area (Å²) >= 11 is 0. The molecule has 0 aromatic heterocycles. The number of hydrogen-bond donors (Lipinski definition) is 1. The second kappa shape index (κ2) is 3.58. The minimum absolute atomic E-state index is 0.185. The van der Waals surface area contributed by atoms with Crippen molar-refractivity contribution in [3.05, 3.63) is 0 Å². The molecule has 0 radical (unpaired) electrons. The average molecular weight is 183 g/mol. The predicted molar refractivity (Wildman–Crippen MR) is 53.7 cm³/mol. The highest BCUT2D eigenvalue weighted by atomic mass is 16.5. The van der Waals surface area contributed by atoms with E-state index in [1.54, 1.807) is 0 Å². The van der Waals surface area contributed by atoms with E-state index in [-0.39, 0.29) is 5.60 Å². The molecule has 0 aromatic carbocycles. The van der Waals surface area contributed by atoms with Gasteiger partial charge in [0.1, 0.15) is 0 Å². The fourth-order valence-electron chi connectivity index (χ4n) is 2.83. The Kier molecular flexibility index (Phi) is 2.61. The lowest BCUT2D eigenvalue weighted by molar-refractivity contribution is -0.126. The molecular formula is C11H21NO. The second-order valence-corrected chi connectivity index (χ2v) is 4.87. The quantitative estimate of drug-likeness (QED) is 0.618. The van der Waals surface area contributed by atoms with Crippen molar-refractivity contribution in [3.8, 4) is 0 Å². The van der Waals surface area contributed by atoms with Crippen LogP contribution >= 0.6 is 0 Å². The summed E-state index contributed by atoms with van der Waals surface area (Å²) in [5, 5.41) is 3.47. The summed E-state index contributed by atoms with van der Waals surface area (Å²) in [7, 11) is 0. The molecule has 2 heteroatoms. The molecule has 1 saturated heterocycles. The van der Waals surface area contributed by atoms with E-state index in [1.165, 1.54) is 19.3 Å². The Hall–Kier alpha value is -0.0800. The highest BCUT2D eigenvalue weighted by Gasteiger charge is 2.42. The van der Waals surface area contributed by atoms with Gasteiger partial charge in [-0.1, -0.05) is 13.8 Å². The van der Waals surface area contributed by atoms with Crippen LogP contribution in [0.4, 0.5) is 0 Å². The Labute approximate surface area is 81.0 Å². The van der Waals surface area contributed by atoms with Crippen LogP contribution in [-0.4, -0.2) is 25.3 Å². The van der Waals surface area contributed by atoms with Gasteiger partial charge in [-0.25, -0.2) is 0 Å². The fourth-order valence-corrected chi connectivity index (χ4v) is 2.83. The van der Waals surface area contributed by atoms with Crippen LogP contribution in [0, 0.1) is 11.8 Å². The second-order valence-electron chi connectivity index (χ2n) is 4.87. The van der Waals surface area contributed by atoms with Crippen molar-refractivity contribution in [2.45, 2.75) is 38.7 Å². The number of ether oxygens (including phenoxy) is 1. The minimum atomic E-state index is 0.185. The zero-order valence-corrected chi connectivity index (χ0v) is 8.81. The van der Waals surface area contributed by atoms with Crippen LogP contribution < -0.4 is 5.32 Å². The molecule has 1 heterocycles. The molecule has 0 bridgehead atoms. The van der Waals surface area contributed by atoms with Crippen LogP contribution in [0.1, 0.15) is 33.1 Å². The van der Waals surface area contributed by atoms with Gasteiger partial charge < -0.3 is 10.1 Å². The Morgan fingerprint density at radius 2 is 2.23 bits per heavy atom. The fraction of sp³-hybridized carbons (Fsp3) is 1.00. The number of hydrogen-bond acceptors (Lipinski definition) is 2. The highest BCUT2D eigenvalue weighted by molar-refractivity contribution is 4.94. The molecule has 2 nitrogen and oxygen atoms in total. The summed E-state index contributed by atoms with van der Waals surface area (Å²) in [4.78, 5) is 0. The SMILES string of the molecule is CC1CCC2(CNCCO2)C(C)C1. The van der Waals surface area contributed by atoms with Crippen molar-refractivity contribution in [1.29, 1.82) is 0 Å². The van der Waals surface area contributed by atoms with Crippen LogP contribution in [0.3, 0.4) is 0 Å². The van der Waals surface area contributed by atoms with Crippen molar-refractivity contribution < 1.29 is 4.74 Å². The molecule has 2 fully saturated rings. The van der Waals surface area contributed by atoms with E-state index in [4.69, 9.17) is 4.74 Å². The van der Waals surface area contributed by atoms with Crippen molar-refractivity contribution >= 4 is 0 Å². The average Bonchev–Trinajstić information content (AvgIpc) is 2.14. The van der Waals surface area contributed by atoms with E-state index in [9.17, 15) is 0 Å². The van der Waals surface area contributed by atoms with Gasteiger partial charge in [-0.05, 0) is 31.1 Å². The molecule has 1 N–H and O–H groups in total. The topological polar surface area (TPSA) is 21.3 Å². The van der Waals surface area contributed by atoms with E-state index in [0.717, 1.165) is 31.5 Å². The minimum Gasteiger partial charge on any atom is -0.372 e. The summed E-state index contributed by atoms with van der Waals surface area (Å²) in [5.41, 5.74) is 0.185. The summed E-state index contributed by atoms with van der Waals surface area (Å²) in [6.07, 6.45) is 3.93. The van der Waals surface area contributed by atoms with Gasteiger partial charge in [0, 0.05) is 13.1 Å². The van der Waals surface area contributed by atoms with Gasteiger partial charge in [0.15, 0.2) is 0 Å².